The standard InChI is InChI=1S/C17H17FN4O3/c1-12-15(22(24)25)5-6-16(19-12)20-7-8-21(17(23)11-20)10-13-3-2-4-14(18)9-13/h2-6,9H,7-8,10-11H2,1H3. The number of benzene rings is 1. The second-order valence-electron chi connectivity index (χ2n) is 5.90. The van der Waals surface area contributed by atoms with Crippen molar-refractivity contribution < 1.29 is 14.1 Å². The number of pyridine rings is 1. The second-order valence-corrected chi connectivity index (χ2v) is 5.90. The first-order valence-electron chi connectivity index (χ1n) is 7.83. The number of nitro groups is 1. The van der Waals surface area contributed by atoms with Crippen molar-refractivity contribution in [1.29, 1.82) is 0 Å². The van der Waals surface area contributed by atoms with Gasteiger partial charge in [0.05, 0.1) is 11.5 Å². The van der Waals surface area contributed by atoms with E-state index in [1.165, 1.54) is 18.2 Å². The van der Waals surface area contributed by atoms with Crippen LogP contribution in [-0.2, 0) is 11.3 Å². The van der Waals surface area contributed by atoms with E-state index < -0.39 is 4.92 Å². The third kappa shape index (κ3) is 3.73. The van der Waals surface area contributed by atoms with Gasteiger partial charge >= 0.3 is 0 Å². The Morgan fingerprint density at radius 3 is 2.72 bits per heavy atom. The minimum absolute atomic E-state index is 0.0418. The molecule has 7 nitrogen and oxygen atoms in total. The van der Waals surface area contributed by atoms with E-state index in [4.69, 9.17) is 0 Å². The minimum atomic E-state index is -0.478. The summed E-state index contributed by atoms with van der Waals surface area (Å²) >= 11 is 0. The van der Waals surface area contributed by atoms with Crippen LogP contribution in [0, 0.1) is 22.9 Å². The number of nitrogens with zero attached hydrogens (tertiary/aromatic N) is 4. The highest BCUT2D eigenvalue weighted by Crippen LogP contribution is 2.22. The molecule has 130 valence electrons. The molecular weight excluding hydrogens is 327 g/mol. The molecular formula is C17H17FN4O3. The lowest BCUT2D eigenvalue weighted by atomic mass is 10.2. The van der Waals surface area contributed by atoms with E-state index in [-0.39, 0.29) is 24.0 Å². The number of rotatable bonds is 4. The fraction of sp³-hybridized carbons (Fsp3) is 0.294. The lowest BCUT2D eigenvalue weighted by Gasteiger charge is -2.35. The molecule has 1 fully saturated rings. The first kappa shape index (κ1) is 16.8. The number of aryl methyl sites for hydroxylation is 1. The van der Waals surface area contributed by atoms with E-state index >= 15 is 0 Å². The highest BCUT2D eigenvalue weighted by molar-refractivity contribution is 5.82. The molecule has 2 heterocycles. The molecule has 0 radical (unpaired) electrons. The van der Waals surface area contributed by atoms with Crippen LogP contribution in [-0.4, -0.2) is 40.3 Å². The van der Waals surface area contributed by atoms with Gasteiger partial charge in [0.25, 0.3) is 5.69 Å². The van der Waals surface area contributed by atoms with Crippen molar-refractivity contribution in [2.24, 2.45) is 0 Å². The number of amides is 1. The maximum Gasteiger partial charge on any atom is 0.290 e. The molecule has 3 rings (SSSR count). The maximum absolute atomic E-state index is 13.3. The molecule has 0 bridgehead atoms. The van der Waals surface area contributed by atoms with Crippen molar-refractivity contribution in [1.82, 2.24) is 9.88 Å². The van der Waals surface area contributed by atoms with E-state index in [2.05, 4.69) is 4.98 Å². The topological polar surface area (TPSA) is 79.6 Å². The number of carbonyl (C=O) groups excluding carboxylic acids is 1. The maximum atomic E-state index is 13.3. The normalized spacial score (nSPS) is 14.7. The molecule has 1 amide bonds. The van der Waals surface area contributed by atoms with Crippen LogP contribution in [0.25, 0.3) is 0 Å². The van der Waals surface area contributed by atoms with Gasteiger partial charge in [-0.15, -0.1) is 0 Å². The molecule has 8 heteroatoms. The van der Waals surface area contributed by atoms with Gasteiger partial charge in [0.1, 0.15) is 17.3 Å². The van der Waals surface area contributed by atoms with Gasteiger partial charge < -0.3 is 9.80 Å². The van der Waals surface area contributed by atoms with Crippen LogP contribution in [0.3, 0.4) is 0 Å². The van der Waals surface area contributed by atoms with E-state index in [9.17, 15) is 19.3 Å². The Morgan fingerprint density at radius 1 is 1.28 bits per heavy atom. The number of piperazine rings is 1. The van der Waals surface area contributed by atoms with Crippen LogP contribution in [0.1, 0.15) is 11.3 Å². The lowest BCUT2D eigenvalue weighted by molar-refractivity contribution is -0.385. The quantitative estimate of drug-likeness (QED) is 0.628. The summed E-state index contributed by atoms with van der Waals surface area (Å²) in [5, 5.41) is 10.9. The third-order valence-electron chi connectivity index (χ3n) is 4.15. The van der Waals surface area contributed by atoms with Crippen LogP contribution >= 0.6 is 0 Å². The van der Waals surface area contributed by atoms with Crippen molar-refractivity contribution in [2.75, 3.05) is 24.5 Å². The van der Waals surface area contributed by atoms with E-state index in [1.807, 2.05) is 0 Å². The Labute approximate surface area is 143 Å². The summed E-state index contributed by atoms with van der Waals surface area (Å²) in [5.74, 6) is 0.129. The van der Waals surface area contributed by atoms with Crippen LogP contribution in [0.5, 0.6) is 0 Å². The fourth-order valence-electron chi connectivity index (χ4n) is 2.84. The predicted molar refractivity (Wildman–Crippen MR) is 89.7 cm³/mol. The molecule has 1 aliphatic rings. The molecule has 0 atom stereocenters. The number of carbonyl (C=O) groups is 1. The molecule has 1 saturated heterocycles. The number of halogens is 1. The van der Waals surface area contributed by atoms with Gasteiger partial charge in [-0.2, -0.15) is 0 Å². The molecule has 1 aromatic heterocycles. The van der Waals surface area contributed by atoms with Crippen molar-refractivity contribution in [3.8, 4) is 0 Å². The average molecular weight is 344 g/mol. The number of hydrogen-bond donors (Lipinski definition) is 0. The summed E-state index contributed by atoms with van der Waals surface area (Å²) < 4.78 is 13.3. The Balaban J connectivity index is 1.68. The summed E-state index contributed by atoms with van der Waals surface area (Å²) in [4.78, 5) is 30.5. The lowest BCUT2D eigenvalue weighted by Crippen LogP contribution is -2.50. The van der Waals surface area contributed by atoms with Crippen molar-refractivity contribution >= 4 is 17.4 Å². The monoisotopic (exact) mass is 344 g/mol. The van der Waals surface area contributed by atoms with Gasteiger partial charge in [0, 0.05) is 25.7 Å². The van der Waals surface area contributed by atoms with Gasteiger partial charge in [-0.25, -0.2) is 9.37 Å². The zero-order valence-electron chi connectivity index (χ0n) is 13.7. The van der Waals surface area contributed by atoms with Gasteiger partial charge in [-0.3, -0.25) is 14.9 Å². The van der Waals surface area contributed by atoms with Crippen molar-refractivity contribution in [3.63, 3.8) is 0 Å². The Morgan fingerprint density at radius 2 is 2.08 bits per heavy atom. The first-order valence-corrected chi connectivity index (χ1v) is 7.83. The first-order chi connectivity index (χ1) is 11.9. The van der Waals surface area contributed by atoms with Crippen LogP contribution < -0.4 is 4.90 Å². The van der Waals surface area contributed by atoms with Crippen molar-refractivity contribution in [3.05, 3.63) is 63.6 Å². The largest absolute Gasteiger partial charge is 0.346 e. The Bertz CT molecular complexity index is 827. The van der Waals surface area contributed by atoms with Gasteiger partial charge in [-0.05, 0) is 30.7 Å². The smallest absolute Gasteiger partial charge is 0.290 e. The van der Waals surface area contributed by atoms with Crippen LogP contribution in [0.15, 0.2) is 36.4 Å². The van der Waals surface area contributed by atoms with Crippen LogP contribution in [0.4, 0.5) is 15.9 Å². The SMILES string of the molecule is Cc1nc(N2CCN(Cc3cccc(F)c3)C(=O)C2)ccc1[N+](=O)[O-]. The summed E-state index contributed by atoms with van der Waals surface area (Å²) in [6.07, 6.45) is 0. The fourth-order valence-corrected chi connectivity index (χ4v) is 2.84. The molecule has 1 aliphatic heterocycles. The summed E-state index contributed by atoms with van der Waals surface area (Å²) in [6, 6.07) is 9.15. The third-order valence-corrected chi connectivity index (χ3v) is 4.15. The summed E-state index contributed by atoms with van der Waals surface area (Å²) in [5.41, 5.74) is 1.02. The average Bonchev–Trinajstić information content (AvgIpc) is 2.56. The molecule has 1 aromatic carbocycles. The Hall–Kier alpha value is -3.03. The zero-order chi connectivity index (χ0) is 18.0. The van der Waals surface area contributed by atoms with Gasteiger partial charge in [-0.1, -0.05) is 12.1 Å². The molecule has 2 aromatic rings. The van der Waals surface area contributed by atoms with E-state index in [1.54, 1.807) is 34.9 Å². The summed E-state index contributed by atoms with van der Waals surface area (Å²) in [7, 11) is 0. The molecule has 0 N–H and O–H groups in total. The van der Waals surface area contributed by atoms with Crippen molar-refractivity contribution in [2.45, 2.75) is 13.5 Å². The highest BCUT2D eigenvalue weighted by Gasteiger charge is 2.25. The number of hydrogen-bond acceptors (Lipinski definition) is 5. The van der Waals surface area contributed by atoms with E-state index in [0.717, 1.165) is 5.56 Å². The zero-order valence-corrected chi connectivity index (χ0v) is 13.7. The molecule has 0 aliphatic carbocycles. The minimum Gasteiger partial charge on any atom is -0.346 e. The number of aromatic nitrogens is 1. The molecule has 0 unspecified atom stereocenters. The summed E-state index contributed by atoms with van der Waals surface area (Å²) in [6.45, 7) is 3.11. The molecule has 0 saturated carbocycles. The van der Waals surface area contributed by atoms with Crippen LogP contribution in [0.2, 0.25) is 0 Å². The molecule has 25 heavy (non-hydrogen) atoms. The molecule has 0 spiro atoms. The highest BCUT2D eigenvalue weighted by atomic mass is 19.1. The van der Waals surface area contributed by atoms with Gasteiger partial charge in [0.15, 0.2) is 0 Å². The van der Waals surface area contributed by atoms with E-state index in [0.29, 0.717) is 31.1 Å². The Kier molecular flexibility index (Phi) is 4.60. The predicted octanol–water partition coefficient (Wildman–Crippen LogP) is 2.29. The second kappa shape index (κ2) is 6.84. The number of anilines is 1. The van der Waals surface area contributed by atoms with Gasteiger partial charge in [0.2, 0.25) is 5.91 Å².